The van der Waals surface area contributed by atoms with Crippen molar-refractivity contribution in [1.29, 1.82) is 0 Å². The van der Waals surface area contributed by atoms with Crippen LogP contribution in [-0.4, -0.2) is 66.6 Å². The summed E-state index contributed by atoms with van der Waals surface area (Å²) >= 11 is 1.28. The molecular weight excluding hydrogens is 392 g/mol. The second kappa shape index (κ2) is 7.61. The van der Waals surface area contributed by atoms with E-state index in [1.165, 1.54) is 11.8 Å². The smallest absolute Gasteiger partial charge is 0.329 e. The molecule has 10 heteroatoms. The molecule has 27 heavy (non-hydrogen) atoms. The Morgan fingerprint density at radius 1 is 1.26 bits per heavy atom. The molecule has 1 aromatic rings. The van der Waals surface area contributed by atoms with Crippen molar-refractivity contribution < 1.29 is 27.9 Å². The van der Waals surface area contributed by atoms with Crippen molar-refractivity contribution in [3.8, 4) is 0 Å². The number of carbonyl (C=O) groups is 2. The minimum absolute atomic E-state index is 0.0150. The number of para-hydroxylation sites is 1. The number of anilines is 1. The van der Waals surface area contributed by atoms with Crippen LogP contribution in [0.4, 0.5) is 5.69 Å². The van der Waals surface area contributed by atoms with E-state index in [-0.39, 0.29) is 22.8 Å². The van der Waals surface area contributed by atoms with E-state index in [0.29, 0.717) is 5.17 Å². The number of aliphatic imine (C=N–C) groups is 1. The van der Waals surface area contributed by atoms with Gasteiger partial charge in [0.05, 0.1) is 17.5 Å². The first-order valence-corrected chi connectivity index (χ1v) is 11.0. The van der Waals surface area contributed by atoms with Gasteiger partial charge in [0.2, 0.25) is 0 Å². The number of thioether (sulfide) groups is 1. The number of carbonyl (C=O) groups excluding carboxylic acids is 1. The minimum atomic E-state index is -3.14. The van der Waals surface area contributed by atoms with Crippen LogP contribution in [0.3, 0.4) is 0 Å². The molecule has 2 aliphatic rings. The molecule has 2 heterocycles. The summed E-state index contributed by atoms with van der Waals surface area (Å²) in [5.41, 5.74) is 2.78. The lowest BCUT2D eigenvalue weighted by atomic mass is 10.1. The van der Waals surface area contributed by atoms with E-state index in [1.54, 1.807) is 0 Å². The largest absolute Gasteiger partial charge is 0.480 e. The number of nitrogens with zero attached hydrogens (tertiary/aromatic N) is 2. The SMILES string of the molecule is Cc1cccc(C)c1N1C(=NC(=O)COCC(=O)O)S[C@@H]2CS(=O)(=O)C[C@H]21. The highest BCUT2D eigenvalue weighted by molar-refractivity contribution is 8.16. The van der Waals surface area contributed by atoms with Gasteiger partial charge in [-0.3, -0.25) is 4.79 Å². The van der Waals surface area contributed by atoms with Crippen LogP contribution in [0, 0.1) is 13.8 Å². The average molecular weight is 412 g/mol. The first-order chi connectivity index (χ1) is 12.7. The van der Waals surface area contributed by atoms with E-state index < -0.39 is 34.9 Å². The van der Waals surface area contributed by atoms with Crippen LogP contribution in [0.25, 0.3) is 0 Å². The summed E-state index contributed by atoms with van der Waals surface area (Å²) in [6, 6.07) is 5.49. The summed E-state index contributed by atoms with van der Waals surface area (Å²) in [5.74, 6) is -1.70. The first-order valence-electron chi connectivity index (χ1n) is 8.31. The fraction of sp³-hybridized carbons (Fsp3) is 0.471. The molecule has 146 valence electrons. The maximum Gasteiger partial charge on any atom is 0.329 e. The number of carboxylic acids is 1. The Labute approximate surface area is 161 Å². The van der Waals surface area contributed by atoms with E-state index in [9.17, 15) is 18.0 Å². The highest BCUT2D eigenvalue weighted by Gasteiger charge is 2.49. The third-order valence-electron chi connectivity index (χ3n) is 4.42. The number of hydrogen-bond donors (Lipinski definition) is 1. The Morgan fingerprint density at radius 2 is 1.93 bits per heavy atom. The Kier molecular flexibility index (Phi) is 5.59. The van der Waals surface area contributed by atoms with E-state index in [2.05, 4.69) is 4.99 Å². The van der Waals surface area contributed by atoms with E-state index in [4.69, 9.17) is 9.84 Å². The zero-order chi connectivity index (χ0) is 19.8. The number of rotatable bonds is 5. The lowest BCUT2D eigenvalue weighted by molar-refractivity contribution is -0.143. The van der Waals surface area contributed by atoms with E-state index in [0.717, 1.165) is 16.8 Å². The third kappa shape index (κ3) is 4.33. The van der Waals surface area contributed by atoms with Gasteiger partial charge in [-0.15, -0.1) is 0 Å². The zero-order valence-electron chi connectivity index (χ0n) is 14.9. The van der Waals surface area contributed by atoms with Gasteiger partial charge < -0.3 is 14.7 Å². The molecule has 1 aromatic carbocycles. The van der Waals surface area contributed by atoms with Crippen molar-refractivity contribution in [3.63, 3.8) is 0 Å². The molecule has 8 nitrogen and oxygen atoms in total. The number of sulfone groups is 1. The van der Waals surface area contributed by atoms with Gasteiger partial charge in [-0.05, 0) is 25.0 Å². The molecule has 3 rings (SSSR count). The molecule has 0 radical (unpaired) electrons. The normalized spacial score (nSPS) is 25.0. The summed E-state index contributed by atoms with van der Waals surface area (Å²) in [7, 11) is -3.14. The second-order valence-electron chi connectivity index (χ2n) is 6.59. The van der Waals surface area contributed by atoms with Gasteiger partial charge in [-0.1, -0.05) is 30.0 Å². The van der Waals surface area contributed by atoms with Crippen molar-refractivity contribution in [3.05, 3.63) is 29.3 Å². The van der Waals surface area contributed by atoms with Crippen molar-refractivity contribution in [2.45, 2.75) is 25.1 Å². The van der Waals surface area contributed by atoms with E-state index >= 15 is 0 Å². The molecule has 0 bridgehead atoms. The molecule has 2 atom stereocenters. The fourth-order valence-electron chi connectivity index (χ4n) is 3.38. The molecular formula is C17H20N2O6S2. The maximum absolute atomic E-state index is 12.1. The van der Waals surface area contributed by atoms with Gasteiger partial charge in [0, 0.05) is 10.9 Å². The van der Waals surface area contributed by atoms with Crippen molar-refractivity contribution in [1.82, 2.24) is 0 Å². The lowest BCUT2D eigenvalue weighted by Gasteiger charge is -2.27. The van der Waals surface area contributed by atoms with Gasteiger partial charge in [0.15, 0.2) is 15.0 Å². The Hall–Kier alpha value is -1.91. The Bertz CT molecular complexity index is 892. The number of amidine groups is 1. The molecule has 2 saturated heterocycles. The number of aliphatic carboxylic acids is 1. The van der Waals surface area contributed by atoms with Crippen molar-refractivity contribution in [2.24, 2.45) is 4.99 Å². The fourth-order valence-corrected chi connectivity index (χ4v) is 7.29. The number of ether oxygens (including phenoxy) is 1. The highest BCUT2D eigenvalue weighted by atomic mass is 32.2. The Balaban J connectivity index is 1.92. The first kappa shape index (κ1) is 19.8. The highest BCUT2D eigenvalue weighted by Crippen LogP contribution is 2.42. The molecule has 0 unspecified atom stereocenters. The monoisotopic (exact) mass is 412 g/mol. The number of fused-ring (bicyclic) bond motifs is 1. The number of benzene rings is 1. The number of amides is 1. The molecule has 2 fully saturated rings. The zero-order valence-corrected chi connectivity index (χ0v) is 16.5. The topological polar surface area (TPSA) is 113 Å². The van der Waals surface area contributed by atoms with Crippen LogP contribution in [0.2, 0.25) is 0 Å². The van der Waals surface area contributed by atoms with Crippen LogP contribution in [0.1, 0.15) is 11.1 Å². The van der Waals surface area contributed by atoms with Crippen LogP contribution < -0.4 is 4.90 Å². The van der Waals surface area contributed by atoms with Gasteiger partial charge in [0.25, 0.3) is 5.91 Å². The quantitative estimate of drug-likeness (QED) is 0.762. The van der Waals surface area contributed by atoms with Gasteiger partial charge in [0.1, 0.15) is 13.2 Å². The van der Waals surface area contributed by atoms with Crippen LogP contribution in [0.5, 0.6) is 0 Å². The van der Waals surface area contributed by atoms with Crippen LogP contribution in [-0.2, 0) is 24.2 Å². The van der Waals surface area contributed by atoms with E-state index in [1.807, 2.05) is 36.9 Å². The minimum Gasteiger partial charge on any atom is -0.480 e. The van der Waals surface area contributed by atoms with Gasteiger partial charge in [-0.25, -0.2) is 13.2 Å². The predicted octanol–water partition coefficient (Wildman–Crippen LogP) is 1.01. The van der Waals surface area contributed by atoms with Gasteiger partial charge >= 0.3 is 5.97 Å². The summed E-state index contributed by atoms with van der Waals surface area (Å²) in [5, 5.41) is 8.82. The Morgan fingerprint density at radius 3 is 2.56 bits per heavy atom. The van der Waals surface area contributed by atoms with Gasteiger partial charge in [-0.2, -0.15) is 4.99 Å². The van der Waals surface area contributed by atoms with Crippen LogP contribution in [0.15, 0.2) is 23.2 Å². The summed E-state index contributed by atoms with van der Waals surface area (Å²) in [4.78, 5) is 28.5. The molecule has 0 saturated carbocycles. The summed E-state index contributed by atoms with van der Waals surface area (Å²) in [6.07, 6.45) is 0. The van der Waals surface area contributed by atoms with Crippen molar-refractivity contribution >= 4 is 44.3 Å². The third-order valence-corrected chi connectivity index (χ3v) is 7.63. The molecule has 0 spiro atoms. The standard InChI is InChI=1S/C17H20N2O6S2/c1-10-4-3-5-11(2)16(10)19-12-8-27(23,24)9-13(12)26-17(19)18-14(20)6-25-7-15(21)22/h3-5,12-13H,6-9H2,1-2H3,(H,21,22)/t12-,13-/m1/s1. The van der Waals surface area contributed by atoms with Crippen molar-refractivity contribution in [2.75, 3.05) is 29.6 Å². The number of carboxylic acid groups (broad SMARTS) is 1. The molecule has 2 aliphatic heterocycles. The predicted molar refractivity (Wildman–Crippen MR) is 103 cm³/mol. The average Bonchev–Trinajstić information content (AvgIpc) is 2.99. The number of hydrogen-bond acceptors (Lipinski definition) is 6. The molecule has 1 amide bonds. The summed E-state index contributed by atoms with van der Waals surface area (Å²) < 4.78 is 29.0. The molecule has 0 aromatic heterocycles. The maximum atomic E-state index is 12.1. The summed E-state index contributed by atoms with van der Waals surface area (Å²) in [6.45, 7) is 2.84. The number of aryl methyl sites for hydroxylation is 2. The second-order valence-corrected chi connectivity index (χ2v) is 9.95. The molecule has 1 N–H and O–H groups in total. The molecule has 0 aliphatic carbocycles. The van der Waals surface area contributed by atoms with Crippen LogP contribution >= 0.6 is 11.8 Å². The lowest BCUT2D eigenvalue weighted by Crippen LogP contribution is -2.38.